The lowest BCUT2D eigenvalue weighted by Crippen LogP contribution is -2.43. The number of aryl methyl sites for hydroxylation is 1. The van der Waals surface area contributed by atoms with Gasteiger partial charge in [0.05, 0.1) is 29.3 Å². The van der Waals surface area contributed by atoms with Crippen molar-refractivity contribution in [3.63, 3.8) is 0 Å². The summed E-state index contributed by atoms with van der Waals surface area (Å²) in [7, 11) is 1.27. The van der Waals surface area contributed by atoms with Gasteiger partial charge >= 0.3 is 5.97 Å². The fourth-order valence-corrected chi connectivity index (χ4v) is 3.92. The van der Waals surface area contributed by atoms with Crippen LogP contribution in [0, 0.1) is 6.92 Å². The number of halogens is 2. The number of hydrogen-bond acceptors (Lipinski definition) is 6. The Labute approximate surface area is 214 Å². The molecule has 184 valence electrons. The van der Waals surface area contributed by atoms with Gasteiger partial charge in [-0.3, -0.25) is 4.79 Å². The summed E-state index contributed by atoms with van der Waals surface area (Å²) < 4.78 is 10.7. The number of benzene rings is 2. The lowest BCUT2D eigenvalue weighted by Gasteiger charge is -2.18. The second-order valence-corrected chi connectivity index (χ2v) is 8.66. The van der Waals surface area contributed by atoms with Crippen LogP contribution in [0.2, 0.25) is 10.0 Å². The predicted octanol–water partition coefficient (Wildman–Crippen LogP) is 5.09. The third-order valence-corrected chi connectivity index (χ3v) is 5.79. The van der Waals surface area contributed by atoms with E-state index in [1.807, 2.05) is 43.3 Å². The van der Waals surface area contributed by atoms with Gasteiger partial charge in [-0.05, 0) is 60.9 Å². The molecule has 2 N–H and O–H groups in total. The Balaban J connectivity index is 1.51. The van der Waals surface area contributed by atoms with E-state index >= 15 is 0 Å². The normalized spacial score (nSPS) is 11.4. The summed E-state index contributed by atoms with van der Waals surface area (Å²) in [6.45, 7) is 3.30. The maximum atomic E-state index is 12.7. The number of nitrogens with zero attached hydrogens (tertiary/aromatic N) is 1. The molecule has 7 nitrogen and oxygen atoms in total. The number of hydrogen-bond donors (Lipinski definition) is 2. The van der Waals surface area contributed by atoms with Gasteiger partial charge in [0.15, 0.2) is 0 Å². The summed E-state index contributed by atoms with van der Waals surface area (Å²) in [5.74, 6) is 0.435. The molecular weight excluding hydrogens is 489 g/mol. The minimum atomic E-state index is -0.909. The summed E-state index contributed by atoms with van der Waals surface area (Å²) in [6.07, 6.45) is 2.81. The number of anilines is 1. The molecule has 2 aromatic carbocycles. The van der Waals surface area contributed by atoms with Crippen LogP contribution in [-0.4, -0.2) is 43.2 Å². The first-order valence-corrected chi connectivity index (χ1v) is 11.8. The average Bonchev–Trinajstić information content (AvgIpc) is 2.84. The largest absolute Gasteiger partial charge is 0.494 e. The molecule has 0 aliphatic heterocycles. The monoisotopic (exact) mass is 515 g/mol. The molecule has 3 aromatic rings. The number of carbonyl (C=O) groups is 2. The molecule has 9 heteroatoms. The number of esters is 1. The molecule has 0 radical (unpaired) electrons. The molecule has 1 amide bonds. The van der Waals surface area contributed by atoms with Gasteiger partial charge < -0.3 is 20.1 Å². The van der Waals surface area contributed by atoms with Crippen LogP contribution >= 0.6 is 23.2 Å². The Morgan fingerprint density at radius 3 is 2.43 bits per heavy atom. The highest BCUT2D eigenvalue weighted by Gasteiger charge is 2.25. The van der Waals surface area contributed by atoms with Gasteiger partial charge in [-0.1, -0.05) is 41.4 Å². The maximum absolute atomic E-state index is 12.7. The number of nitrogens with one attached hydrogen (secondary N) is 2. The zero-order valence-corrected chi connectivity index (χ0v) is 21.0. The predicted molar refractivity (Wildman–Crippen MR) is 137 cm³/mol. The molecule has 0 fully saturated rings. The van der Waals surface area contributed by atoms with E-state index in [1.54, 1.807) is 24.4 Å². The van der Waals surface area contributed by atoms with E-state index in [4.69, 9.17) is 32.7 Å². The van der Waals surface area contributed by atoms with Crippen LogP contribution in [0.4, 0.5) is 5.82 Å². The van der Waals surface area contributed by atoms with Gasteiger partial charge in [0.1, 0.15) is 17.6 Å². The maximum Gasteiger partial charge on any atom is 0.328 e. The Morgan fingerprint density at radius 2 is 1.77 bits per heavy atom. The number of methoxy groups -OCH3 is 1. The van der Waals surface area contributed by atoms with E-state index in [-0.39, 0.29) is 22.0 Å². The fraction of sp³-hybridized carbons (Fsp3) is 0.269. The van der Waals surface area contributed by atoms with Crippen LogP contribution in [-0.2, 0) is 16.0 Å². The first-order valence-electron chi connectivity index (χ1n) is 11.1. The molecule has 0 saturated heterocycles. The number of rotatable bonds is 11. The molecule has 3 rings (SSSR count). The van der Waals surface area contributed by atoms with Gasteiger partial charge in [-0.25, -0.2) is 9.78 Å². The van der Waals surface area contributed by atoms with Crippen LogP contribution in [0.5, 0.6) is 5.75 Å². The molecule has 0 saturated carbocycles. The highest BCUT2D eigenvalue weighted by atomic mass is 35.5. The first kappa shape index (κ1) is 26.3. The lowest BCUT2D eigenvalue weighted by atomic mass is 10.0. The number of amides is 1. The Morgan fingerprint density at radius 1 is 1.06 bits per heavy atom. The summed E-state index contributed by atoms with van der Waals surface area (Å²) >= 11 is 12.2. The molecule has 0 aliphatic carbocycles. The summed E-state index contributed by atoms with van der Waals surface area (Å²) in [4.78, 5) is 29.3. The van der Waals surface area contributed by atoms with E-state index < -0.39 is 17.9 Å². The van der Waals surface area contributed by atoms with Gasteiger partial charge in [0, 0.05) is 19.2 Å². The van der Waals surface area contributed by atoms with Gasteiger partial charge in [-0.2, -0.15) is 0 Å². The van der Waals surface area contributed by atoms with E-state index in [1.165, 1.54) is 7.11 Å². The number of carbonyl (C=O) groups excluding carboxylic acids is 2. The minimum Gasteiger partial charge on any atom is -0.494 e. The molecule has 35 heavy (non-hydrogen) atoms. The number of ether oxygens (including phenoxy) is 2. The second-order valence-electron chi connectivity index (χ2n) is 7.84. The smallest absolute Gasteiger partial charge is 0.328 e. The van der Waals surface area contributed by atoms with Crippen molar-refractivity contribution < 1.29 is 19.1 Å². The minimum absolute atomic E-state index is 0.112. The van der Waals surface area contributed by atoms with Crippen LogP contribution in [0.25, 0.3) is 0 Å². The Kier molecular flexibility index (Phi) is 9.76. The van der Waals surface area contributed by atoms with Gasteiger partial charge in [0.25, 0.3) is 5.91 Å². The van der Waals surface area contributed by atoms with E-state index in [0.717, 1.165) is 29.9 Å². The quantitative estimate of drug-likeness (QED) is 0.273. The van der Waals surface area contributed by atoms with Crippen LogP contribution in [0.15, 0.2) is 60.8 Å². The third-order valence-electron chi connectivity index (χ3n) is 5.16. The standard InChI is InChI=1S/C26H27Cl2N3O4/c1-17-11-13-30-23(15-17)29-12-4-14-35-19-9-7-18(8-10-19)16-22(26(33)34-2)31-25(32)24-20(27)5-3-6-21(24)28/h3,5-11,13,15,22H,4,12,14,16H2,1-2H3,(H,29,30)(H,31,32)/t22-/m0/s1. The van der Waals surface area contributed by atoms with Crippen LogP contribution in [0.3, 0.4) is 0 Å². The van der Waals surface area contributed by atoms with Gasteiger partial charge in [0.2, 0.25) is 0 Å². The summed E-state index contributed by atoms with van der Waals surface area (Å²) in [5.41, 5.74) is 2.09. The van der Waals surface area contributed by atoms with Gasteiger partial charge in [-0.15, -0.1) is 0 Å². The molecule has 1 aromatic heterocycles. The zero-order valence-electron chi connectivity index (χ0n) is 19.5. The molecule has 0 unspecified atom stereocenters. The Hall–Kier alpha value is -3.29. The van der Waals surface area contributed by atoms with Crippen molar-refractivity contribution >= 4 is 40.9 Å². The fourth-order valence-electron chi connectivity index (χ4n) is 3.35. The van der Waals surface area contributed by atoms with Crippen molar-refractivity contribution in [3.05, 3.63) is 87.5 Å². The van der Waals surface area contributed by atoms with Crippen molar-refractivity contribution in [2.24, 2.45) is 0 Å². The molecule has 0 bridgehead atoms. The van der Waals surface area contributed by atoms with Crippen molar-refractivity contribution in [1.29, 1.82) is 0 Å². The van der Waals surface area contributed by atoms with E-state index in [0.29, 0.717) is 12.4 Å². The Bertz CT molecular complexity index is 1140. The molecule has 0 spiro atoms. The third kappa shape index (κ3) is 7.87. The van der Waals surface area contributed by atoms with E-state index in [2.05, 4.69) is 15.6 Å². The summed E-state index contributed by atoms with van der Waals surface area (Å²) in [6, 6.07) is 15.1. The topological polar surface area (TPSA) is 89.6 Å². The average molecular weight is 516 g/mol. The number of aromatic nitrogens is 1. The lowest BCUT2D eigenvalue weighted by molar-refractivity contribution is -0.142. The molecular formula is C26H27Cl2N3O4. The van der Waals surface area contributed by atoms with Crippen molar-refractivity contribution in [3.8, 4) is 5.75 Å². The van der Waals surface area contributed by atoms with Crippen LogP contribution in [0.1, 0.15) is 27.9 Å². The molecule has 1 atom stereocenters. The second kappa shape index (κ2) is 13.0. The highest BCUT2D eigenvalue weighted by Crippen LogP contribution is 2.24. The zero-order chi connectivity index (χ0) is 25.2. The SMILES string of the molecule is COC(=O)[C@H](Cc1ccc(OCCCNc2cc(C)ccn2)cc1)NC(=O)c1c(Cl)cccc1Cl. The first-order chi connectivity index (χ1) is 16.9. The summed E-state index contributed by atoms with van der Waals surface area (Å²) in [5, 5.41) is 6.33. The molecule has 1 heterocycles. The molecule has 0 aliphatic rings. The van der Waals surface area contributed by atoms with Crippen molar-refractivity contribution in [1.82, 2.24) is 10.3 Å². The van der Waals surface area contributed by atoms with Crippen LogP contribution < -0.4 is 15.4 Å². The van der Waals surface area contributed by atoms with Crippen molar-refractivity contribution in [2.45, 2.75) is 25.8 Å². The van der Waals surface area contributed by atoms with Crippen molar-refractivity contribution in [2.75, 3.05) is 25.6 Å². The highest BCUT2D eigenvalue weighted by molar-refractivity contribution is 6.39. The van der Waals surface area contributed by atoms with E-state index in [9.17, 15) is 9.59 Å². The number of pyridine rings is 1.